The van der Waals surface area contributed by atoms with Crippen molar-refractivity contribution in [3.8, 4) is 11.8 Å². The van der Waals surface area contributed by atoms with Crippen LogP contribution in [0.25, 0.3) is 6.08 Å². The minimum absolute atomic E-state index is 0.0735. The topological polar surface area (TPSA) is 67.2 Å². The van der Waals surface area contributed by atoms with Crippen molar-refractivity contribution in [3.05, 3.63) is 98.9 Å². The van der Waals surface area contributed by atoms with Crippen LogP contribution in [-0.2, 0) is 16.4 Å². The molecule has 0 aromatic heterocycles. The van der Waals surface area contributed by atoms with Crippen LogP contribution in [0.1, 0.15) is 11.1 Å². The quantitative estimate of drug-likeness (QED) is 0.444. The van der Waals surface area contributed by atoms with E-state index >= 15 is 0 Å². The Morgan fingerprint density at radius 3 is 2.14 bits per heavy atom. The van der Waals surface area contributed by atoms with Gasteiger partial charge in [0.05, 0.1) is 4.90 Å². The first-order valence-electron chi connectivity index (χ1n) is 8.49. The molecular formula is C22H15Cl2NO3S. The van der Waals surface area contributed by atoms with Crippen LogP contribution in [-0.4, -0.2) is 8.42 Å². The molecule has 0 radical (unpaired) electrons. The third kappa shape index (κ3) is 4.99. The molecule has 0 amide bonds. The van der Waals surface area contributed by atoms with Gasteiger partial charge >= 0.3 is 0 Å². The average Bonchev–Trinajstić information content (AvgIpc) is 2.73. The molecule has 0 spiro atoms. The highest BCUT2D eigenvalue weighted by Crippen LogP contribution is 2.26. The van der Waals surface area contributed by atoms with E-state index in [0.29, 0.717) is 26.9 Å². The van der Waals surface area contributed by atoms with Gasteiger partial charge in [0.15, 0.2) is 0 Å². The second kappa shape index (κ2) is 9.15. The van der Waals surface area contributed by atoms with Gasteiger partial charge in [0, 0.05) is 15.6 Å². The molecule has 0 atom stereocenters. The van der Waals surface area contributed by atoms with Crippen molar-refractivity contribution in [3.63, 3.8) is 0 Å². The first-order valence-corrected chi connectivity index (χ1v) is 10.7. The summed E-state index contributed by atoms with van der Waals surface area (Å²) < 4.78 is 30.9. The predicted molar refractivity (Wildman–Crippen MR) is 114 cm³/mol. The molecule has 0 saturated heterocycles. The molecule has 3 rings (SSSR count). The standard InChI is InChI=1S/C22H15Cl2NO3S/c23-21-7-4-8-22(24)20(21)15-28-17-11-9-16(10-12-17)13-19(14-25)29(26,27)18-5-2-1-3-6-18/h1-13H,15H2. The number of rotatable bonds is 6. The van der Waals surface area contributed by atoms with Crippen molar-refractivity contribution < 1.29 is 13.2 Å². The Morgan fingerprint density at radius 1 is 0.931 bits per heavy atom. The molecule has 0 aliphatic heterocycles. The third-order valence-corrected chi connectivity index (χ3v) is 6.47. The normalized spacial score (nSPS) is 11.7. The van der Waals surface area contributed by atoms with Gasteiger partial charge in [0.1, 0.15) is 23.3 Å². The van der Waals surface area contributed by atoms with Crippen molar-refractivity contribution in [2.75, 3.05) is 0 Å². The number of benzene rings is 3. The molecule has 0 bridgehead atoms. The van der Waals surface area contributed by atoms with Gasteiger partial charge in [-0.15, -0.1) is 0 Å². The molecule has 4 nitrogen and oxygen atoms in total. The van der Waals surface area contributed by atoms with Crippen LogP contribution in [0.15, 0.2) is 82.6 Å². The maximum atomic E-state index is 12.6. The number of allylic oxidation sites excluding steroid dienone is 1. The highest BCUT2D eigenvalue weighted by atomic mass is 35.5. The van der Waals surface area contributed by atoms with Crippen LogP contribution in [0, 0.1) is 11.3 Å². The van der Waals surface area contributed by atoms with Crippen LogP contribution < -0.4 is 4.74 Å². The molecule has 0 saturated carbocycles. The van der Waals surface area contributed by atoms with Gasteiger partial charge in [-0.1, -0.05) is 59.6 Å². The maximum Gasteiger partial charge on any atom is 0.216 e. The molecule has 7 heteroatoms. The van der Waals surface area contributed by atoms with Gasteiger partial charge in [0.2, 0.25) is 9.84 Å². The van der Waals surface area contributed by atoms with Crippen LogP contribution >= 0.6 is 23.2 Å². The minimum atomic E-state index is -3.88. The molecule has 0 N–H and O–H groups in total. The summed E-state index contributed by atoms with van der Waals surface area (Å²) in [7, 11) is -3.88. The van der Waals surface area contributed by atoms with E-state index in [9.17, 15) is 13.7 Å². The summed E-state index contributed by atoms with van der Waals surface area (Å²) in [5, 5.41) is 10.4. The van der Waals surface area contributed by atoms with Gasteiger partial charge in [-0.2, -0.15) is 5.26 Å². The number of hydrogen-bond acceptors (Lipinski definition) is 4. The lowest BCUT2D eigenvalue weighted by Crippen LogP contribution is -2.03. The zero-order valence-corrected chi connectivity index (χ0v) is 17.4. The Labute approximate surface area is 179 Å². The average molecular weight is 444 g/mol. The summed E-state index contributed by atoms with van der Waals surface area (Å²) in [6.07, 6.45) is 1.33. The van der Waals surface area contributed by atoms with Gasteiger partial charge in [-0.25, -0.2) is 8.42 Å². The van der Waals surface area contributed by atoms with Crippen molar-refractivity contribution in [2.24, 2.45) is 0 Å². The fraction of sp³-hybridized carbons (Fsp3) is 0.0455. The number of sulfone groups is 1. The third-order valence-electron chi connectivity index (χ3n) is 4.08. The van der Waals surface area contributed by atoms with Crippen molar-refractivity contribution >= 4 is 39.1 Å². The Morgan fingerprint density at radius 2 is 1.55 bits per heavy atom. The Kier molecular flexibility index (Phi) is 6.60. The summed E-state index contributed by atoms with van der Waals surface area (Å²) in [5.41, 5.74) is 1.24. The summed E-state index contributed by atoms with van der Waals surface area (Å²) in [5.74, 6) is 0.558. The molecule has 3 aromatic rings. The number of ether oxygens (including phenoxy) is 1. The number of nitriles is 1. The maximum absolute atomic E-state index is 12.6. The molecular weight excluding hydrogens is 429 g/mol. The molecule has 3 aromatic carbocycles. The molecule has 0 aliphatic carbocycles. The highest BCUT2D eigenvalue weighted by molar-refractivity contribution is 7.95. The first kappa shape index (κ1) is 20.9. The predicted octanol–water partition coefficient (Wildman–Crippen LogP) is 5.91. The molecule has 146 valence electrons. The molecule has 0 heterocycles. The minimum Gasteiger partial charge on any atom is -0.489 e. The zero-order chi connectivity index (χ0) is 20.9. The van der Waals surface area contributed by atoms with E-state index < -0.39 is 9.84 Å². The van der Waals surface area contributed by atoms with Crippen molar-refractivity contribution in [2.45, 2.75) is 11.5 Å². The van der Waals surface area contributed by atoms with Gasteiger partial charge in [-0.05, 0) is 48.0 Å². The summed E-state index contributed by atoms with van der Waals surface area (Å²) >= 11 is 12.3. The lowest BCUT2D eigenvalue weighted by atomic mass is 10.2. The fourth-order valence-electron chi connectivity index (χ4n) is 2.53. The molecule has 0 fully saturated rings. The zero-order valence-electron chi connectivity index (χ0n) is 15.0. The van der Waals surface area contributed by atoms with E-state index in [2.05, 4.69) is 0 Å². The van der Waals surface area contributed by atoms with E-state index in [1.165, 1.54) is 18.2 Å². The molecule has 0 unspecified atom stereocenters. The smallest absolute Gasteiger partial charge is 0.216 e. The second-order valence-electron chi connectivity index (χ2n) is 5.99. The van der Waals surface area contributed by atoms with Crippen molar-refractivity contribution in [1.29, 1.82) is 5.26 Å². The van der Waals surface area contributed by atoms with Gasteiger partial charge in [-0.3, -0.25) is 0 Å². The van der Waals surface area contributed by atoms with Gasteiger partial charge < -0.3 is 4.74 Å². The SMILES string of the molecule is N#CC(=Cc1ccc(OCc2c(Cl)cccc2Cl)cc1)S(=O)(=O)c1ccccc1. The van der Waals surface area contributed by atoms with Crippen LogP contribution in [0.4, 0.5) is 0 Å². The second-order valence-corrected chi connectivity index (χ2v) is 8.73. The number of halogens is 2. The Balaban J connectivity index is 1.78. The van der Waals surface area contributed by atoms with E-state index in [-0.39, 0.29) is 16.4 Å². The molecule has 29 heavy (non-hydrogen) atoms. The largest absolute Gasteiger partial charge is 0.489 e. The van der Waals surface area contributed by atoms with E-state index in [0.717, 1.165) is 0 Å². The molecule has 0 aliphatic rings. The Hall–Kier alpha value is -2.78. The fourth-order valence-corrected chi connectivity index (χ4v) is 4.22. The van der Waals surface area contributed by atoms with Crippen LogP contribution in [0.5, 0.6) is 5.75 Å². The van der Waals surface area contributed by atoms with Crippen LogP contribution in [0.3, 0.4) is 0 Å². The summed E-state index contributed by atoms with van der Waals surface area (Å²) in [6.45, 7) is 0.194. The van der Waals surface area contributed by atoms with E-state index in [1.54, 1.807) is 66.7 Å². The number of hydrogen-bond donors (Lipinski definition) is 0. The first-order chi connectivity index (χ1) is 13.9. The van der Waals surface area contributed by atoms with Crippen LogP contribution in [0.2, 0.25) is 10.0 Å². The lowest BCUT2D eigenvalue weighted by molar-refractivity contribution is 0.306. The Bertz CT molecular complexity index is 1160. The monoisotopic (exact) mass is 443 g/mol. The van der Waals surface area contributed by atoms with E-state index in [1.807, 2.05) is 0 Å². The number of nitrogens with zero attached hydrogens (tertiary/aromatic N) is 1. The summed E-state index contributed by atoms with van der Waals surface area (Å²) in [4.78, 5) is -0.260. The van der Waals surface area contributed by atoms with Gasteiger partial charge in [0.25, 0.3) is 0 Å². The lowest BCUT2D eigenvalue weighted by Gasteiger charge is -2.09. The van der Waals surface area contributed by atoms with Crippen molar-refractivity contribution in [1.82, 2.24) is 0 Å². The summed E-state index contributed by atoms with van der Waals surface area (Å²) in [6, 6.07) is 21.5. The highest BCUT2D eigenvalue weighted by Gasteiger charge is 2.20. The van der Waals surface area contributed by atoms with E-state index in [4.69, 9.17) is 27.9 Å².